The third-order valence-electron chi connectivity index (χ3n) is 2.29. The summed E-state index contributed by atoms with van der Waals surface area (Å²) in [5.41, 5.74) is 0.628. The van der Waals surface area contributed by atoms with Crippen molar-refractivity contribution < 1.29 is 10.0 Å². The molecular weight excluding hydrogens is 224 g/mol. The van der Waals surface area contributed by atoms with Gasteiger partial charge in [0.15, 0.2) is 6.23 Å². The van der Waals surface area contributed by atoms with Crippen molar-refractivity contribution in [2.24, 2.45) is 9.98 Å². The molecule has 7 nitrogen and oxygen atoms in total. The van der Waals surface area contributed by atoms with Gasteiger partial charge in [-0.2, -0.15) is 0 Å². The number of aliphatic hydroxyl groups is 1. The molecule has 0 bridgehead atoms. The van der Waals surface area contributed by atoms with Crippen LogP contribution in [0.2, 0.25) is 0 Å². The second-order valence-corrected chi connectivity index (χ2v) is 3.41. The zero-order valence-electron chi connectivity index (χ0n) is 8.80. The van der Waals surface area contributed by atoms with Crippen molar-refractivity contribution in [2.45, 2.75) is 6.23 Å². The summed E-state index contributed by atoms with van der Waals surface area (Å²) in [5, 5.41) is 20.3. The van der Waals surface area contributed by atoms with E-state index in [-0.39, 0.29) is 12.2 Å². The van der Waals surface area contributed by atoms with E-state index in [9.17, 15) is 15.2 Å². The molecule has 1 N–H and O–H groups in total. The minimum atomic E-state index is -0.820. The highest BCUT2D eigenvalue weighted by atomic mass is 16.6. The summed E-state index contributed by atoms with van der Waals surface area (Å²) in [5.74, 6) is 0. The summed E-state index contributed by atoms with van der Waals surface area (Å²) < 4.78 is 0. The molecule has 1 aliphatic heterocycles. The van der Waals surface area contributed by atoms with Gasteiger partial charge in [0.05, 0.1) is 17.8 Å². The monoisotopic (exact) mass is 234 g/mol. The molecule has 1 aromatic carbocycles. The highest BCUT2D eigenvalue weighted by Crippen LogP contribution is 2.20. The number of aliphatic hydroxyl groups excluding tert-OH is 1. The first kappa shape index (κ1) is 11.2. The van der Waals surface area contributed by atoms with Crippen LogP contribution in [0.4, 0.5) is 11.4 Å². The molecule has 1 atom stereocenters. The highest BCUT2D eigenvalue weighted by Gasteiger charge is 2.16. The zero-order valence-corrected chi connectivity index (χ0v) is 8.80. The van der Waals surface area contributed by atoms with E-state index in [4.69, 9.17) is 0 Å². The van der Waals surface area contributed by atoms with Crippen LogP contribution in [0.25, 0.3) is 0 Å². The summed E-state index contributed by atoms with van der Waals surface area (Å²) in [6.45, 7) is 0.205. The molecule has 0 fully saturated rings. The Balaban J connectivity index is 2.24. The first-order chi connectivity index (χ1) is 8.18. The smallest absolute Gasteiger partial charge is 0.269 e. The summed E-state index contributed by atoms with van der Waals surface area (Å²) in [6.07, 6.45) is 1.97. The Morgan fingerprint density at radius 3 is 2.76 bits per heavy atom. The van der Waals surface area contributed by atoms with Gasteiger partial charge in [-0.15, -0.1) is 0 Å². The Morgan fingerprint density at radius 2 is 2.12 bits per heavy atom. The number of non-ortho nitro benzene ring substituents is 1. The van der Waals surface area contributed by atoms with Crippen molar-refractivity contribution in [2.75, 3.05) is 11.4 Å². The van der Waals surface area contributed by atoms with E-state index in [0.717, 1.165) is 0 Å². The van der Waals surface area contributed by atoms with Gasteiger partial charge in [0, 0.05) is 17.8 Å². The van der Waals surface area contributed by atoms with E-state index in [1.54, 1.807) is 12.1 Å². The number of benzene rings is 1. The molecule has 2 rings (SSSR count). The average Bonchev–Trinajstić information content (AvgIpc) is 2.54. The van der Waals surface area contributed by atoms with Crippen molar-refractivity contribution in [3.8, 4) is 0 Å². The van der Waals surface area contributed by atoms with Crippen molar-refractivity contribution in [1.82, 2.24) is 0 Å². The lowest BCUT2D eigenvalue weighted by Crippen LogP contribution is -2.35. The van der Waals surface area contributed by atoms with Crippen LogP contribution in [0, 0.1) is 10.1 Å². The van der Waals surface area contributed by atoms with Gasteiger partial charge in [0.2, 0.25) is 0 Å². The van der Waals surface area contributed by atoms with Crippen molar-refractivity contribution in [1.29, 1.82) is 0 Å². The van der Waals surface area contributed by atoms with Gasteiger partial charge < -0.3 is 10.0 Å². The highest BCUT2D eigenvalue weighted by molar-refractivity contribution is 5.85. The second kappa shape index (κ2) is 4.71. The van der Waals surface area contributed by atoms with Crippen LogP contribution in [0.15, 0.2) is 34.3 Å². The molecule has 0 saturated carbocycles. The molecule has 1 unspecified atom stereocenters. The predicted octanol–water partition coefficient (Wildman–Crippen LogP) is 0.790. The Labute approximate surface area is 96.9 Å². The number of aliphatic imine (C=N–C) groups is 2. The average molecular weight is 234 g/mol. The Bertz CT molecular complexity index is 469. The predicted molar refractivity (Wildman–Crippen MR) is 63.4 cm³/mol. The molecular formula is C10H10N4O3. The first-order valence-electron chi connectivity index (χ1n) is 4.91. The number of rotatable bonds is 2. The van der Waals surface area contributed by atoms with E-state index in [1.165, 1.54) is 29.7 Å². The molecule has 0 amide bonds. The van der Waals surface area contributed by atoms with Crippen LogP contribution in [0.5, 0.6) is 0 Å². The van der Waals surface area contributed by atoms with Crippen molar-refractivity contribution in [3.05, 3.63) is 34.4 Å². The third kappa shape index (κ3) is 2.45. The lowest BCUT2D eigenvalue weighted by atomic mass is 10.2. The topological polar surface area (TPSA) is 91.3 Å². The van der Waals surface area contributed by atoms with Crippen LogP contribution in [0.3, 0.4) is 0 Å². The minimum Gasteiger partial charge on any atom is -0.371 e. The Hall–Kier alpha value is -2.28. The van der Waals surface area contributed by atoms with Crippen LogP contribution in [-0.4, -0.2) is 35.5 Å². The van der Waals surface area contributed by atoms with E-state index in [0.29, 0.717) is 5.69 Å². The van der Waals surface area contributed by atoms with Crippen LogP contribution in [0.1, 0.15) is 0 Å². The van der Waals surface area contributed by atoms with Crippen LogP contribution >= 0.6 is 0 Å². The van der Waals surface area contributed by atoms with Gasteiger partial charge in [0.25, 0.3) is 5.69 Å². The normalized spacial score (nSPS) is 19.1. The fraction of sp³-hybridized carbons (Fsp3) is 0.200. The van der Waals surface area contributed by atoms with Gasteiger partial charge in [-0.1, -0.05) is 0 Å². The molecule has 1 aliphatic rings. The third-order valence-corrected chi connectivity index (χ3v) is 2.29. The van der Waals surface area contributed by atoms with E-state index < -0.39 is 11.2 Å². The fourth-order valence-electron chi connectivity index (χ4n) is 1.44. The number of nitro groups is 1. The number of nitro benzene ring substituents is 1. The maximum absolute atomic E-state index is 10.5. The number of anilines is 1. The largest absolute Gasteiger partial charge is 0.371 e. The standard InChI is InChI=1S/C10H10N4O3/c15-10-5-11-6-12-7-13(10)8-1-3-9(4-2-8)14(16)17/h1-4,6-7,10,15H,5H2. The van der Waals surface area contributed by atoms with Gasteiger partial charge in [-0.25, -0.2) is 4.99 Å². The second-order valence-electron chi connectivity index (χ2n) is 3.41. The minimum absolute atomic E-state index is 0.00579. The van der Waals surface area contributed by atoms with Gasteiger partial charge in [-0.3, -0.25) is 15.1 Å². The molecule has 0 aliphatic carbocycles. The summed E-state index contributed by atoms with van der Waals surface area (Å²) in [4.78, 5) is 19.2. The SMILES string of the molecule is O=[N+]([O-])c1ccc(N2C=NC=NCC2O)cc1. The lowest BCUT2D eigenvalue weighted by Gasteiger charge is -2.23. The molecule has 1 aromatic rings. The van der Waals surface area contributed by atoms with Crippen molar-refractivity contribution >= 4 is 24.1 Å². The summed E-state index contributed by atoms with van der Waals surface area (Å²) in [6, 6.07) is 5.86. The zero-order chi connectivity index (χ0) is 12.3. The quantitative estimate of drug-likeness (QED) is 0.604. The Kier molecular flexibility index (Phi) is 3.10. The summed E-state index contributed by atoms with van der Waals surface area (Å²) >= 11 is 0. The number of hydrogen-bond donors (Lipinski definition) is 1. The van der Waals surface area contributed by atoms with E-state index >= 15 is 0 Å². The van der Waals surface area contributed by atoms with Gasteiger partial charge in [0.1, 0.15) is 6.34 Å². The molecule has 0 aromatic heterocycles. The van der Waals surface area contributed by atoms with Crippen LogP contribution < -0.4 is 4.90 Å². The molecule has 0 radical (unpaired) electrons. The lowest BCUT2D eigenvalue weighted by molar-refractivity contribution is -0.384. The molecule has 17 heavy (non-hydrogen) atoms. The van der Waals surface area contributed by atoms with E-state index in [1.807, 2.05) is 0 Å². The Morgan fingerprint density at radius 1 is 1.41 bits per heavy atom. The number of nitrogens with zero attached hydrogens (tertiary/aromatic N) is 4. The molecule has 0 spiro atoms. The number of hydrogen-bond acceptors (Lipinski definition) is 6. The maximum atomic E-state index is 10.5. The summed E-state index contributed by atoms with van der Waals surface area (Å²) in [7, 11) is 0. The molecule has 7 heteroatoms. The van der Waals surface area contributed by atoms with Gasteiger partial charge in [-0.05, 0) is 12.1 Å². The van der Waals surface area contributed by atoms with Crippen LogP contribution in [-0.2, 0) is 0 Å². The van der Waals surface area contributed by atoms with E-state index in [2.05, 4.69) is 9.98 Å². The molecule has 1 heterocycles. The fourth-order valence-corrected chi connectivity index (χ4v) is 1.44. The first-order valence-corrected chi connectivity index (χ1v) is 4.91. The van der Waals surface area contributed by atoms with Gasteiger partial charge >= 0.3 is 0 Å². The molecule has 0 saturated heterocycles. The molecule has 88 valence electrons. The van der Waals surface area contributed by atoms with Crippen molar-refractivity contribution in [3.63, 3.8) is 0 Å². The maximum Gasteiger partial charge on any atom is 0.269 e.